The maximum absolute atomic E-state index is 5.31. The van der Waals surface area contributed by atoms with Crippen LogP contribution in [0.5, 0.6) is 6.01 Å². The Kier molecular flexibility index (Phi) is 4.12. The lowest BCUT2D eigenvalue weighted by Crippen LogP contribution is -2.13. The number of nitrogens with one attached hydrogen (secondary N) is 1. The molecule has 3 N–H and O–H groups in total. The van der Waals surface area contributed by atoms with Crippen LogP contribution in [0.4, 0.5) is 5.95 Å². The standard InChI is InChI=1S/C9H14N8OS/c1-4-18-7-11-6(14-10)12-8(13-7)19-9-16-15-5(2)17(9)3/h4,10H2,1-3H3,(H,11,12,13,14). The highest BCUT2D eigenvalue weighted by atomic mass is 32.2. The molecule has 0 aromatic carbocycles. The van der Waals surface area contributed by atoms with Crippen LogP contribution in [0.25, 0.3) is 0 Å². The fourth-order valence-corrected chi connectivity index (χ4v) is 1.97. The Bertz CT molecular complexity index is 571. The largest absolute Gasteiger partial charge is 0.464 e. The van der Waals surface area contributed by atoms with Crippen LogP contribution in [0.3, 0.4) is 0 Å². The highest BCUT2D eigenvalue weighted by molar-refractivity contribution is 7.99. The third-order valence-corrected chi connectivity index (χ3v) is 3.14. The summed E-state index contributed by atoms with van der Waals surface area (Å²) in [6.45, 7) is 4.17. The average Bonchev–Trinajstić information content (AvgIpc) is 2.71. The molecule has 0 aliphatic heterocycles. The van der Waals surface area contributed by atoms with E-state index in [1.54, 1.807) is 0 Å². The van der Waals surface area contributed by atoms with E-state index in [9.17, 15) is 0 Å². The van der Waals surface area contributed by atoms with Gasteiger partial charge in [-0.15, -0.1) is 10.2 Å². The Hall–Kier alpha value is -1.94. The second-order valence-corrected chi connectivity index (χ2v) is 4.43. The highest BCUT2D eigenvalue weighted by Crippen LogP contribution is 2.24. The maximum Gasteiger partial charge on any atom is 0.322 e. The van der Waals surface area contributed by atoms with Gasteiger partial charge in [0.25, 0.3) is 0 Å². The van der Waals surface area contributed by atoms with Crippen molar-refractivity contribution in [2.75, 3.05) is 12.0 Å². The Labute approximate surface area is 114 Å². The van der Waals surface area contributed by atoms with Gasteiger partial charge in [0.05, 0.1) is 6.61 Å². The molecule has 9 nitrogen and oxygen atoms in total. The van der Waals surface area contributed by atoms with E-state index >= 15 is 0 Å². The highest BCUT2D eigenvalue weighted by Gasteiger charge is 2.12. The first-order valence-electron chi connectivity index (χ1n) is 5.53. The number of ether oxygens (including phenoxy) is 1. The van der Waals surface area contributed by atoms with Crippen LogP contribution in [0, 0.1) is 6.92 Å². The Morgan fingerprint density at radius 1 is 1.32 bits per heavy atom. The van der Waals surface area contributed by atoms with E-state index in [1.807, 2.05) is 25.5 Å². The third kappa shape index (κ3) is 3.09. The van der Waals surface area contributed by atoms with Crippen LogP contribution in [-0.2, 0) is 7.05 Å². The zero-order valence-corrected chi connectivity index (χ0v) is 11.6. The Morgan fingerprint density at radius 3 is 2.68 bits per heavy atom. The molecule has 102 valence electrons. The zero-order chi connectivity index (χ0) is 13.8. The molecule has 0 amide bonds. The van der Waals surface area contributed by atoms with E-state index in [0.29, 0.717) is 16.9 Å². The summed E-state index contributed by atoms with van der Waals surface area (Å²) in [4.78, 5) is 12.3. The molecular weight excluding hydrogens is 268 g/mol. The van der Waals surface area contributed by atoms with E-state index < -0.39 is 0 Å². The SMILES string of the molecule is CCOc1nc(NN)nc(Sc2nnc(C)n2C)n1. The van der Waals surface area contributed by atoms with Crippen LogP contribution < -0.4 is 16.0 Å². The van der Waals surface area contributed by atoms with Crippen molar-refractivity contribution in [2.45, 2.75) is 24.2 Å². The number of hydrogen-bond acceptors (Lipinski definition) is 9. The van der Waals surface area contributed by atoms with Gasteiger partial charge in [-0.2, -0.15) is 15.0 Å². The number of nitrogens with two attached hydrogens (primary N) is 1. The monoisotopic (exact) mass is 282 g/mol. The second-order valence-electron chi connectivity index (χ2n) is 3.49. The predicted octanol–water partition coefficient (Wildman–Crippen LogP) is 0.144. The number of nitrogen functional groups attached to an aromatic ring is 1. The molecule has 0 bridgehead atoms. The molecule has 0 radical (unpaired) electrons. The smallest absolute Gasteiger partial charge is 0.322 e. The number of hydrogen-bond donors (Lipinski definition) is 2. The van der Waals surface area contributed by atoms with Crippen LogP contribution in [0.15, 0.2) is 10.3 Å². The zero-order valence-electron chi connectivity index (χ0n) is 10.8. The van der Waals surface area contributed by atoms with Gasteiger partial charge in [-0.25, -0.2) is 5.84 Å². The number of hydrazine groups is 1. The first-order chi connectivity index (χ1) is 9.13. The van der Waals surface area contributed by atoms with E-state index in [2.05, 4.69) is 30.6 Å². The van der Waals surface area contributed by atoms with Crippen molar-refractivity contribution in [2.24, 2.45) is 12.9 Å². The van der Waals surface area contributed by atoms with Crippen LogP contribution in [0.1, 0.15) is 12.7 Å². The molecule has 0 aliphatic rings. The van der Waals surface area contributed by atoms with Gasteiger partial charge in [-0.3, -0.25) is 5.43 Å². The molecular formula is C9H14N8OS. The van der Waals surface area contributed by atoms with Crippen molar-refractivity contribution < 1.29 is 4.74 Å². The number of aryl methyl sites for hydroxylation is 1. The first kappa shape index (κ1) is 13.5. The lowest BCUT2D eigenvalue weighted by atomic mass is 10.7. The van der Waals surface area contributed by atoms with E-state index in [4.69, 9.17) is 10.6 Å². The first-order valence-corrected chi connectivity index (χ1v) is 6.35. The van der Waals surface area contributed by atoms with E-state index in [1.165, 1.54) is 11.8 Å². The Morgan fingerprint density at radius 2 is 2.11 bits per heavy atom. The number of nitrogens with zero attached hydrogens (tertiary/aromatic N) is 6. The normalized spacial score (nSPS) is 10.5. The molecule has 0 saturated heterocycles. The van der Waals surface area contributed by atoms with Crippen molar-refractivity contribution >= 4 is 17.7 Å². The molecule has 2 aromatic heterocycles. The molecule has 10 heteroatoms. The average molecular weight is 282 g/mol. The quantitative estimate of drug-likeness (QED) is 0.583. The maximum atomic E-state index is 5.31. The van der Waals surface area contributed by atoms with E-state index in [0.717, 1.165) is 5.82 Å². The molecule has 0 unspecified atom stereocenters. The van der Waals surface area contributed by atoms with Gasteiger partial charge in [0.2, 0.25) is 11.1 Å². The molecule has 0 spiro atoms. The lowest BCUT2D eigenvalue weighted by molar-refractivity contribution is 0.308. The van der Waals surface area contributed by atoms with Gasteiger partial charge in [0.1, 0.15) is 5.82 Å². The van der Waals surface area contributed by atoms with Gasteiger partial charge >= 0.3 is 6.01 Å². The summed E-state index contributed by atoms with van der Waals surface area (Å²) in [5, 5.41) is 9.10. The number of anilines is 1. The molecule has 0 saturated carbocycles. The van der Waals surface area contributed by atoms with Crippen molar-refractivity contribution in [3.63, 3.8) is 0 Å². The van der Waals surface area contributed by atoms with Gasteiger partial charge in [0.15, 0.2) is 5.16 Å². The summed E-state index contributed by atoms with van der Waals surface area (Å²) in [5.74, 6) is 6.35. The number of rotatable bonds is 5. The lowest BCUT2D eigenvalue weighted by Gasteiger charge is -2.05. The fraction of sp³-hybridized carbons (Fsp3) is 0.444. The molecule has 2 heterocycles. The summed E-state index contributed by atoms with van der Waals surface area (Å²) in [6.07, 6.45) is 0. The Balaban J connectivity index is 2.28. The van der Waals surface area contributed by atoms with Gasteiger partial charge in [-0.05, 0) is 25.6 Å². The van der Waals surface area contributed by atoms with Crippen molar-refractivity contribution in [3.8, 4) is 6.01 Å². The third-order valence-electron chi connectivity index (χ3n) is 2.23. The topological polar surface area (TPSA) is 117 Å². The van der Waals surface area contributed by atoms with Gasteiger partial charge < -0.3 is 9.30 Å². The fourth-order valence-electron chi connectivity index (χ4n) is 1.20. The minimum Gasteiger partial charge on any atom is -0.464 e. The summed E-state index contributed by atoms with van der Waals surface area (Å²) in [6, 6.07) is 0.215. The van der Waals surface area contributed by atoms with Crippen LogP contribution in [-0.4, -0.2) is 36.3 Å². The van der Waals surface area contributed by atoms with Crippen molar-refractivity contribution in [1.29, 1.82) is 0 Å². The molecule has 2 aromatic rings. The predicted molar refractivity (Wildman–Crippen MR) is 68.7 cm³/mol. The van der Waals surface area contributed by atoms with E-state index in [-0.39, 0.29) is 12.0 Å². The van der Waals surface area contributed by atoms with Gasteiger partial charge in [-0.1, -0.05) is 0 Å². The van der Waals surface area contributed by atoms with Crippen molar-refractivity contribution in [1.82, 2.24) is 29.7 Å². The molecule has 0 fully saturated rings. The molecule has 0 aliphatic carbocycles. The van der Waals surface area contributed by atoms with Crippen molar-refractivity contribution in [3.05, 3.63) is 5.82 Å². The van der Waals surface area contributed by atoms with Crippen LogP contribution >= 0.6 is 11.8 Å². The van der Waals surface area contributed by atoms with Crippen LogP contribution in [0.2, 0.25) is 0 Å². The summed E-state index contributed by atoms with van der Waals surface area (Å²) in [5.41, 5.74) is 2.37. The summed E-state index contributed by atoms with van der Waals surface area (Å²) >= 11 is 1.26. The summed E-state index contributed by atoms with van der Waals surface area (Å²) < 4.78 is 7.09. The van der Waals surface area contributed by atoms with Gasteiger partial charge in [0, 0.05) is 7.05 Å². The number of aromatic nitrogens is 6. The molecule has 0 atom stereocenters. The molecule has 19 heavy (non-hydrogen) atoms. The minimum atomic E-state index is 0.215. The summed E-state index contributed by atoms with van der Waals surface area (Å²) in [7, 11) is 1.87. The molecule has 2 rings (SSSR count). The minimum absolute atomic E-state index is 0.215. The second kappa shape index (κ2) is 5.80.